The SMILES string of the molecule is CCC(=O)c1ccc(CCN(C)CCCC(C#N)(C(=O)OC)c2ccc(OC)c(OC)c2)cc1. The zero-order valence-electron chi connectivity index (χ0n) is 20.7. The van der Waals surface area contributed by atoms with Gasteiger partial charge in [-0.05, 0) is 56.1 Å². The third-order valence-electron chi connectivity index (χ3n) is 6.07. The highest BCUT2D eigenvalue weighted by Gasteiger charge is 2.42. The zero-order valence-corrected chi connectivity index (χ0v) is 20.7. The number of carbonyl (C=O) groups excluding carboxylic acids is 2. The van der Waals surface area contributed by atoms with E-state index in [-0.39, 0.29) is 5.78 Å². The molecule has 1 unspecified atom stereocenters. The molecule has 2 rings (SSSR count). The lowest BCUT2D eigenvalue weighted by molar-refractivity contribution is -0.145. The van der Waals surface area contributed by atoms with Crippen LogP contribution in [0.15, 0.2) is 42.5 Å². The topological polar surface area (TPSA) is 88.9 Å². The van der Waals surface area contributed by atoms with Gasteiger partial charge in [-0.2, -0.15) is 5.26 Å². The Labute approximate surface area is 202 Å². The summed E-state index contributed by atoms with van der Waals surface area (Å²) in [4.78, 5) is 26.7. The molecule has 0 aromatic heterocycles. The molecule has 0 fully saturated rings. The minimum absolute atomic E-state index is 0.143. The smallest absolute Gasteiger partial charge is 0.330 e. The van der Waals surface area contributed by atoms with Crippen molar-refractivity contribution in [2.75, 3.05) is 41.5 Å². The van der Waals surface area contributed by atoms with Crippen molar-refractivity contribution in [2.24, 2.45) is 0 Å². The van der Waals surface area contributed by atoms with E-state index >= 15 is 0 Å². The van der Waals surface area contributed by atoms with Crippen molar-refractivity contribution < 1.29 is 23.8 Å². The van der Waals surface area contributed by atoms with Gasteiger partial charge < -0.3 is 19.1 Å². The number of ether oxygens (including phenoxy) is 3. The van der Waals surface area contributed by atoms with Gasteiger partial charge in [-0.1, -0.05) is 37.3 Å². The van der Waals surface area contributed by atoms with Crippen LogP contribution in [0.25, 0.3) is 0 Å². The number of likely N-dealkylation sites (N-methyl/N-ethyl adjacent to an activating group) is 1. The highest BCUT2D eigenvalue weighted by Crippen LogP contribution is 2.36. The lowest BCUT2D eigenvalue weighted by Crippen LogP contribution is -2.36. The average molecular weight is 467 g/mol. The van der Waals surface area contributed by atoms with Crippen molar-refractivity contribution in [2.45, 2.75) is 38.0 Å². The Morgan fingerprint density at radius 1 is 1.00 bits per heavy atom. The average Bonchev–Trinajstić information content (AvgIpc) is 2.89. The summed E-state index contributed by atoms with van der Waals surface area (Å²) in [7, 11) is 6.35. The Hall–Kier alpha value is -3.37. The number of esters is 1. The Balaban J connectivity index is 2.04. The monoisotopic (exact) mass is 466 g/mol. The van der Waals surface area contributed by atoms with Gasteiger partial charge in [0.1, 0.15) is 0 Å². The molecule has 0 saturated heterocycles. The molecule has 0 spiro atoms. The van der Waals surface area contributed by atoms with E-state index in [2.05, 4.69) is 11.0 Å². The van der Waals surface area contributed by atoms with Crippen LogP contribution in [-0.2, 0) is 21.4 Å². The molecule has 0 saturated carbocycles. The first kappa shape index (κ1) is 26.9. The van der Waals surface area contributed by atoms with E-state index in [9.17, 15) is 14.9 Å². The number of nitrogens with zero attached hydrogens (tertiary/aromatic N) is 2. The van der Waals surface area contributed by atoms with Gasteiger partial charge in [0.15, 0.2) is 22.7 Å². The van der Waals surface area contributed by atoms with Crippen LogP contribution in [0.3, 0.4) is 0 Å². The molecule has 0 aliphatic heterocycles. The van der Waals surface area contributed by atoms with Gasteiger partial charge in [-0.3, -0.25) is 4.79 Å². The Kier molecular flexibility index (Phi) is 10.1. The van der Waals surface area contributed by atoms with E-state index in [1.807, 2.05) is 38.2 Å². The van der Waals surface area contributed by atoms with Crippen LogP contribution in [0.5, 0.6) is 11.5 Å². The van der Waals surface area contributed by atoms with Gasteiger partial charge in [0.25, 0.3) is 0 Å². The maximum absolute atomic E-state index is 12.7. The van der Waals surface area contributed by atoms with Crippen molar-refractivity contribution in [3.8, 4) is 17.6 Å². The molecule has 0 amide bonds. The standard InChI is InChI=1S/C27H34N2O5/c1-6-23(30)21-10-8-20(9-11-21)14-17-29(2)16-7-15-27(19-28,26(31)34-5)22-12-13-24(32-3)25(18-22)33-4/h8-13,18H,6-7,14-17H2,1-5H3. The highest BCUT2D eigenvalue weighted by atomic mass is 16.5. The number of ketones is 1. The highest BCUT2D eigenvalue weighted by molar-refractivity contribution is 5.95. The number of benzene rings is 2. The summed E-state index contributed by atoms with van der Waals surface area (Å²) < 4.78 is 15.7. The molecule has 182 valence electrons. The number of hydrogen-bond acceptors (Lipinski definition) is 7. The maximum atomic E-state index is 12.7. The van der Waals surface area contributed by atoms with Crippen molar-refractivity contribution in [1.82, 2.24) is 4.90 Å². The van der Waals surface area contributed by atoms with E-state index < -0.39 is 11.4 Å². The minimum atomic E-state index is -1.43. The third kappa shape index (κ3) is 6.36. The summed E-state index contributed by atoms with van der Waals surface area (Å²) in [6.07, 6.45) is 2.27. The lowest BCUT2D eigenvalue weighted by Gasteiger charge is -2.26. The zero-order chi connectivity index (χ0) is 25.1. The molecule has 2 aromatic carbocycles. The lowest BCUT2D eigenvalue weighted by atomic mass is 9.77. The second kappa shape index (κ2) is 12.8. The fourth-order valence-corrected chi connectivity index (χ4v) is 3.91. The fraction of sp³-hybridized carbons (Fsp3) is 0.444. The number of methoxy groups -OCH3 is 3. The summed E-state index contributed by atoms with van der Waals surface area (Å²) in [5.74, 6) is 0.526. The van der Waals surface area contributed by atoms with Crippen molar-refractivity contribution >= 4 is 11.8 Å². The van der Waals surface area contributed by atoms with Gasteiger partial charge in [0.05, 0.1) is 27.4 Å². The third-order valence-corrected chi connectivity index (χ3v) is 6.07. The summed E-state index contributed by atoms with van der Waals surface area (Å²) in [5.41, 5.74) is 0.983. The molecule has 0 aliphatic carbocycles. The predicted molar refractivity (Wildman–Crippen MR) is 130 cm³/mol. The van der Waals surface area contributed by atoms with Crippen LogP contribution < -0.4 is 9.47 Å². The molecule has 7 heteroatoms. The molecule has 7 nitrogen and oxygen atoms in total. The largest absolute Gasteiger partial charge is 0.493 e. The van der Waals surface area contributed by atoms with Crippen molar-refractivity contribution in [3.63, 3.8) is 0 Å². The molecule has 1 atom stereocenters. The van der Waals surface area contributed by atoms with Crippen LogP contribution in [0.2, 0.25) is 0 Å². The molecular formula is C27H34N2O5. The number of carbonyl (C=O) groups is 2. The van der Waals surface area contributed by atoms with Crippen molar-refractivity contribution in [1.29, 1.82) is 5.26 Å². The number of rotatable bonds is 13. The van der Waals surface area contributed by atoms with Crippen LogP contribution in [-0.4, -0.2) is 58.1 Å². The summed E-state index contributed by atoms with van der Waals surface area (Å²) in [6, 6.07) is 15.0. The van der Waals surface area contributed by atoms with Crippen LogP contribution in [0, 0.1) is 11.3 Å². The molecular weight excluding hydrogens is 432 g/mol. The van der Waals surface area contributed by atoms with E-state index in [0.29, 0.717) is 42.9 Å². The summed E-state index contributed by atoms with van der Waals surface area (Å²) in [6.45, 7) is 3.38. The van der Waals surface area contributed by atoms with Gasteiger partial charge in [-0.15, -0.1) is 0 Å². The maximum Gasteiger partial charge on any atom is 0.330 e. The second-order valence-corrected chi connectivity index (χ2v) is 8.21. The normalized spacial score (nSPS) is 12.5. The summed E-state index contributed by atoms with van der Waals surface area (Å²) in [5, 5.41) is 10.1. The minimum Gasteiger partial charge on any atom is -0.493 e. The summed E-state index contributed by atoms with van der Waals surface area (Å²) >= 11 is 0. The molecule has 0 aliphatic rings. The number of nitriles is 1. The van der Waals surface area contributed by atoms with Gasteiger partial charge in [-0.25, -0.2) is 4.79 Å². The first-order valence-corrected chi connectivity index (χ1v) is 11.4. The van der Waals surface area contributed by atoms with Gasteiger partial charge >= 0.3 is 5.97 Å². The van der Waals surface area contributed by atoms with Crippen LogP contribution in [0.4, 0.5) is 0 Å². The van der Waals surface area contributed by atoms with Crippen LogP contribution >= 0.6 is 0 Å². The molecule has 0 radical (unpaired) electrons. The van der Waals surface area contributed by atoms with E-state index in [4.69, 9.17) is 14.2 Å². The molecule has 0 N–H and O–H groups in total. The second-order valence-electron chi connectivity index (χ2n) is 8.21. The van der Waals surface area contributed by atoms with E-state index in [1.165, 1.54) is 21.3 Å². The molecule has 2 aromatic rings. The van der Waals surface area contributed by atoms with Gasteiger partial charge in [0.2, 0.25) is 0 Å². The number of Topliss-reactive ketones (excluding diaryl/α,β-unsaturated/α-hetero) is 1. The Morgan fingerprint density at radius 3 is 2.24 bits per heavy atom. The van der Waals surface area contributed by atoms with Gasteiger partial charge in [0, 0.05) is 18.5 Å². The first-order valence-electron chi connectivity index (χ1n) is 11.4. The first-order chi connectivity index (χ1) is 16.3. The van der Waals surface area contributed by atoms with E-state index in [0.717, 1.165) is 24.1 Å². The quantitative estimate of drug-likeness (QED) is 0.323. The predicted octanol–water partition coefficient (Wildman–Crippen LogP) is 4.19. The van der Waals surface area contributed by atoms with E-state index in [1.54, 1.807) is 18.2 Å². The Morgan fingerprint density at radius 2 is 1.68 bits per heavy atom. The van der Waals surface area contributed by atoms with Crippen LogP contribution in [0.1, 0.15) is 47.7 Å². The fourth-order valence-electron chi connectivity index (χ4n) is 3.91. The molecule has 0 heterocycles. The Bertz CT molecular complexity index is 1010. The number of hydrogen-bond donors (Lipinski definition) is 0. The molecule has 34 heavy (non-hydrogen) atoms. The van der Waals surface area contributed by atoms with Crippen molar-refractivity contribution in [3.05, 3.63) is 59.2 Å². The molecule has 0 bridgehead atoms.